The Hall–Kier alpha value is -3.65. The predicted molar refractivity (Wildman–Crippen MR) is 136 cm³/mol. The van der Waals surface area contributed by atoms with Crippen molar-refractivity contribution in [2.75, 3.05) is 4.31 Å². The summed E-state index contributed by atoms with van der Waals surface area (Å²) in [6, 6.07) is 18.6. The van der Waals surface area contributed by atoms with E-state index in [1.165, 1.54) is 16.8 Å². The van der Waals surface area contributed by atoms with Crippen molar-refractivity contribution in [3.63, 3.8) is 0 Å². The van der Waals surface area contributed by atoms with Gasteiger partial charge in [0.1, 0.15) is 11.5 Å². The summed E-state index contributed by atoms with van der Waals surface area (Å²) in [4.78, 5) is 13.9. The van der Waals surface area contributed by atoms with Crippen molar-refractivity contribution in [1.29, 1.82) is 0 Å². The Bertz CT molecular complexity index is 1550. The largest absolute Gasteiger partial charge is 0.296 e. The lowest BCUT2D eigenvalue weighted by atomic mass is 10.1. The van der Waals surface area contributed by atoms with E-state index < -0.39 is 21.4 Å². The summed E-state index contributed by atoms with van der Waals surface area (Å²) >= 11 is 0. The van der Waals surface area contributed by atoms with Gasteiger partial charge in [-0.15, -0.1) is 0 Å². The number of sulfonamides is 1. The van der Waals surface area contributed by atoms with E-state index in [1.54, 1.807) is 81.0 Å². The average molecular weight is 494 g/mol. The van der Waals surface area contributed by atoms with Crippen LogP contribution in [0.3, 0.4) is 0 Å². The van der Waals surface area contributed by atoms with Gasteiger partial charge in [0.05, 0.1) is 22.8 Å². The fraction of sp³-hybridized carbons (Fsp3) is 0.222. The number of rotatable bonds is 6. The molecule has 0 atom stereocenters. The highest BCUT2D eigenvalue weighted by Crippen LogP contribution is 2.31. The Kier molecular flexibility index (Phi) is 6.42. The Morgan fingerprint density at radius 2 is 1.46 bits per heavy atom. The first-order valence-corrected chi connectivity index (χ1v) is 12.7. The number of benzene rings is 3. The Labute approximate surface area is 204 Å². The van der Waals surface area contributed by atoms with E-state index in [0.717, 1.165) is 9.87 Å². The molecule has 3 aromatic carbocycles. The van der Waals surface area contributed by atoms with Gasteiger partial charge in [0.2, 0.25) is 0 Å². The number of nitrogens with zero attached hydrogens (tertiary/aromatic N) is 3. The second kappa shape index (κ2) is 9.19. The zero-order chi connectivity index (χ0) is 25.5. The Balaban J connectivity index is 2.01. The summed E-state index contributed by atoms with van der Waals surface area (Å²) in [6.45, 7) is 6.72. The lowest BCUT2D eigenvalue weighted by molar-refractivity contribution is 0.584. The monoisotopic (exact) mass is 493 g/mol. The zero-order valence-electron chi connectivity index (χ0n) is 20.4. The maximum absolute atomic E-state index is 14.7. The SMILES string of the molecule is Cc1cc(C)c(S(=O)(=O)N(Cc2ccccc2F)c2c(C)n(C)n(-c3ccccc3)c2=O)c(C)c1. The van der Waals surface area contributed by atoms with Crippen LogP contribution in [-0.4, -0.2) is 17.8 Å². The van der Waals surface area contributed by atoms with Crippen molar-refractivity contribution >= 4 is 15.7 Å². The standard InChI is InChI=1S/C27H28FN3O3S/c1-18-15-19(2)26(20(3)16-18)35(33,34)30(17-22-11-9-10-14-24(22)28)25-21(4)29(5)31(27(25)32)23-12-7-6-8-13-23/h6-16H,17H2,1-5H3. The normalized spacial score (nSPS) is 11.6. The maximum Gasteiger partial charge on any atom is 0.296 e. The molecule has 6 nitrogen and oxygen atoms in total. The van der Waals surface area contributed by atoms with Gasteiger partial charge in [-0.2, -0.15) is 0 Å². The summed E-state index contributed by atoms with van der Waals surface area (Å²) in [5, 5.41) is 0. The van der Waals surface area contributed by atoms with Crippen molar-refractivity contribution in [2.45, 2.75) is 39.1 Å². The van der Waals surface area contributed by atoms with Crippen molar-refractivity contribution in [1.82, 2.24) is 9.36 Å². The van der Waals surface area contributed by atoms with E-state index in [2.05, 4.69) is 0 Å². The molecule has 1 heterocycles. The molecule has 8 heteroatoms. The lowest BCUT2D eigenvalue weighted by Gasteiger charge is -2.26. The molecule has 0 N–H and O–H groups in total. The van der Waals surface area contributed by atoms with Gasteiger partial charge in [-0.05, 0) is 57.0 Å². The molecule has 4 rings (SSSR count). The molecule has 0 fully saturated rings. The Morgan fingerprint density at radius 3 is 2.06 bits per heavy atom. The van der Waals surface area contributed by atoms with E-state index >= 15 is 0 Å². The molecule has 0 saturated heterocycles. The van der Waals surface area contributed by atoms with Crippen molar-refractivity contribution in [3.05, 3.63) is 111 Å². The molecule has 0 radical (unpaired) electrons. The van der Waals surface area contributed by atoms with Gasteiger partial charge in [-0.3, -0.25) is 13.8 Å². The molecule has 35 heavy (non-hydrogen) atoms. The van der Waals surface area contributed by atoms with E-state index in [4.69, 9.17) is 0 Å². The van der Waals surface area contributed by atoms with Gasteiger partial charge < -0.3 is 0 Å². The Morgan fingerprint density at radius 1 is 0.886 bits per heavy atom. The van der Waals surface area contributed by atoms with E-state index in [9.17, 15) is 17.6 Å². The number of hydrogen-bond donors (Lipinski definition) is 0. The van der Waals surface area contributed by atoms with Crippen LogP contribution in [0.25, 0.3) is 5.69 Å². The van der Waals surface area contributed by atoms with Gasteiger partial charge in [0.25, 0.3) is 15.6 Å². The van der Waals surface area contributed by atoms with E-state index in [1.807, 2.05) is 13.0 Å². The number of hydrogen-bond acceptors (Lipinski definition) is 3. The minimum Gasteiger partial charge on any atom is -0.283 e. The van der Waals surface area contributed by atoms with E-state index in [0.29, 0.717) is 22.5 Å². The van der Waals surface area contributed by atoms with Crippen LogP contribution in [0.5, 0.6) is 0 Å². The molecule has 0 bridgehead atoms. The fourth-order valence-corrected chi connectivity index (χ4v) is 6.50. The van der Waals surface area contributed by atoms with Crippen molar-refractivity contribution < 1.29 is 12.8 Å². The van der Waals surface area contributed by atoms with Crippen LogP contribution in [0.1, 0.15) is 27.9 Å². The summed E-state index contributed by atoms with van der Waals surface area (Å²) in [5.41, 5.74) is 2.77. The lowest BCUT2D eigenvalue weighted by Crippen LogP contribution is -2.36. The van der Waals surface area contributed by atoms with Crippen LogP contribution in [-0.2, 0) is 23.6 Å². The first-order chi connectivity index (χ1) is 16.5. The molecule has 4 aromatic rings. The third-order valence-electron chi connectivity index (χ3n) is 6.20. The molecule has 0 aliphatic heterocycles. The molecule has 0 amide bonds. The molecule has 0 spiro atoms. The highest BCUT2D eigenvalue weighted by molar-refractivity contribution is 7.93. The molecular weight excluding hydrogens is 465 g/mol. The molecular formula is C27H28FN3O3S. The first-order valence-electron chi connectivity index (χ1n) is 11.2. The van der Waals surface area contributed by atoms with Crippen LogP contribution >= 0.6 is 0 Å². The zero-order valence-corrected chi connectivity index (χ0v) is 21.2. The molecule has 0 unspecified atom stereocenters. The molecule has 0 aliphatic carbocycles. The summed E-state index contributed by atoms with van der Waals surface area (Å²) in [7, 11) is -2.54. The second-order valence-corrected chi connectivity index (χ2v) is 10.5. The highest BCUT2D eigenvalue weighted by Gasteiger charge is 2.34. The summed E-state index contributed by atoms with van der Waals surface area (Å²) in [6.07, 6.45) is 0. The van der Waals surface area contributed by atoms with Gasteiger partial charge >= 0.3 is 0 Å². The van der Waals surface area contributed by atoms with Gasteiger partial charge in [-0.1, -0.05) is 54.1 Å². The number of para-hydroxylation sites is 1. The quantitative estimate of drug-likeness (QED) is 0.382. The number of aryl methyl sites for hydroxylation is 3. The summed E-state index contributed by atoms with van der Waals surface area (Å²) in [5.74, 6) is -0.540. The minimum absolute atomic E-state index is 0.0148. The molecule has 0 aliphatic rings. The number of anilines is 1. The topological polar surface area (TPSA) is 64.3 Å². The van der Waals surface area contributed by atoms with Crippen molar-refractivity contribution in [3.8, 4) is 5.69 Å². The van der Waals surface area contributed by atoms with Gasteiger partial charge in [0.15, 0.2) is 0 Å². The van der Waals surface area contributed by atoms with Crippen LogP contribution in [0.15, 0.2) is 76.4 Å². The number of aromatic nitrogens is 2. The smallest absolute Gasteiger partial charge is 0.283 e. The molecule has 182 valence electrons. The summed E-state index contributed by atoms with van der Waals surface area (Å²) < 4.78 is 47.2. The maximum atomic E-state index is 14.7. The second-order valence-electron chi connectivity index (χ2n) is 8.74. The molecule has 0 saturated carbocycles. The van der Waals surface area contributed by atoms with Gasteiger partial charge in [-0.25, -0.2) is 17.5 Å². The van der Waals surface area contributed by atoms with Gasteiger partial charge in [0, 0.05) is 12.6 Å². The van der Waals surface area contributed by atoms with Crippen LogP contribution in [0.4, 0.5) is 10.1 Å². The first kappa shape index (κ1) is 24.5. The minimum atomic E-state index is -4.24. The van der Waals surface area contributed by atoms with Crippen molar-refractivity contribution in [2.24, 2.45) is 7.05 Å². The predicted octanol–water partition coefficient (Wildman–Crippen LogP) is 4.94. The van der Waals surface area contributed by atoms with Crippen LogP contribution in [0.2, 0.25) is 0 Å². The fourth-order valence-electron chi connectivity index (χ4n) is 4.59. The highest BCUT2D eigenvalue weighted by atomic mass is 32.2. The average Bonchev–Trinajstić information content (AvgIpc) is 3.01. The number of halogens is 1. The van der Waals surface area contributed by atoms with E-state index in [-0.39, 0.29) is 22.7 Å². The third-order valence-corrected chi connectivity index (χ3v) is 8.25. The third kappa shape index (κ3) is 4.30. The molecule has 1 aromatic heterocycles. The van der Waals surface area contributed by atoms with Crippen LogP contribution in [0, 0.1) is 33.5 Å². The van der Waals surface area contributed by atoms with Crippen LogP contribution < -0.4 is 9.86 Å².